The molecule has 0 aromatic carbocycles. The van der Waals surface area contributed by atoms with E-state index >= 15 is 0 Å². The van der Waals surface area contributed by atoms with E-state index in [9.17, 15) is 19.0 Å². The van der Waals surface area contributed by atoms with E-state index < -0.39 is 32.5 Å². The molecule has 2 atom stereocenters. The Morgan fingerprint density at radius 2 is 0.628 bits per heavy atom. The fraction of sp³-hybridized carbons (Fsp3) is 0.579. The number of hydrogen-bond donors (Lipinski definition) is 0. The highest BCUT2D eigenvalue weighted by molar-refractivity contribution is 7.45. The highest BCUT2D eigenvalue weighted by Gasteiger charge is 2.22. The van der Waals surface area contributed by atoms with Gasteiger partial charge in [-0.05, 0) is 135 Å². The molecule has 0 aliphatic heterocycles. The van der Waals surface area contributed by atoms with Crippen LogP contribution in [-0.2, 0) is 32.7 Å². The Bertz CT molecular complexity index is 2100. The van der Waals surface area contributed by atoms with E-state index in [2.05, 4.69) is 196 Å². The van der Waals surface area contributed by atoms with Gasteiger partial charge in [-0.1, -0.05) is 267 Å². The molecule has 86 heavy (non-hydrogen) atoms. The number of hydrogen-bond acceptors (Lipinski definition) is 8. The van der Waals surface area contributed by atoms with E-state index in [0.29, 0.717) is 23.9 Å². The second kappa shape index (κ2) is 64.6. The third-order valence-electron chi connectivity index (χ3n) is 13.4. The SMILES string of the molecule is CC/C=C\C/C=C\C/C=C\C/C=C\C/C=C\C/C=C\C/C=C\C/C=C\C/C=C\C/C=C\C/C=C\CCCCCCCC(=O)OC(COC(=O)CCCCCCCCCCCC/C=C\C/C=C\C/C=C\C/C=C\CC)COP(=O)([O-])OCC[N+](C)(C)C. The minimum Gasteiger partial charge on any atom is -0.756 e. The Morgan fingerprint density at radius 3 is 0.930 bits per heavy atom. The maximum Gasteiger partial charge on any atom is 0.306 e. The lowest BCUT2D eigenvalue weighted by Gasteiger charge is -2.28. The van der Waals surface area contributed by atoms with Crippen LogP contribution >= 0.6 is 7.82 Å². The number of unbranched alkanes of at least 4 members (excludes halogenated alkanes) is 15. The van der Waals surface area contributed by atoms with Crippen molar-refractivity contribution in [2.24, 2.45) is 0 Å². The van der Waals surface area contributed by atoms with Gasteiger partial charge in [0.1, 0.15) is 19.8 Å². The quantitative estimate of drug-likeness (QED) is 0.0195. The van der Waals surface area contributed by atoms with Crippen molar-refractivity contribution in [1.82, 2.24) is 0 Å². The monoisotopic (exact) mass is 1210 g/mol. The molecule has 484 valence electrons. The van der Waals surface area contributed by atoms with Gasteiger partial charge in [0.2, 0.25) is 0 Å². The van der Waals surface area contributed by atoms with Crippen LogP contribution in [0.2, 0.25) is 0 Å². The van der Waals surface area contributed by atoms with Crippen molar-refractivity contribution in [3.63, 3.8) is 0 Å². The summed E-state index contributed by atoms with van der Waals surface area (Å²) < 4.78 is 34.2. The van der Waals surface area contributed by atoms with Crippen molar-refractivity contribution in [3.05, 3.63) is 182 Å². The molecule has 0 amide bonds. The fourth-order valence-electron chi connectivity index (χ4n) is 8.36. The molecule has 0 aliphatic rings. The van der Waals surface area contributed by atoms with Crippen LogP contribution < -0.4 is 4.89 Å². The molecule has 2 unspecified atom stereocenters. The molecule has 0 saturated carbocycles. The topological polar surface area (TPSA) is 111 Å². The first-order valence-electron chi connectivity index (χ1n) is 33.5. The van der Waals surface area contributed by atoms with Gasteiger partial charge in [0.25, 0.3) is 7.82 Å². The first-order chi connectivity index (χ1) is 42.0. The summed E-state index contributed by atoms with van der Waals surface area (Å²) >= 11 is 0. The van der Waals surface area contributed by atoms with Crippen LogP contribution in [0.4, 0.5) is 0 Å². The normalized spacial score (nSPS) is 14.3. The van der Waals surface area contributed by atoms with Crippen molar-refractivity contribution >= 4 is 19.8 Å². The average Bonchev–Trinajstić information content (AvgIpc) is 3.56. The minimum absolute atomic E-state index is 0.0457. The Hall–Kier alpha value is -4.89. The molecule has 9 nitrogen and oxygen atoms in total. The maximum atomic E-state index is 12.8. The van der Waals surface area contributed by atoms with Crippen LogP contribution in [0.15, 0.2) is 182 Å². The number of esters is 2. The van der Waals surface area contributed by atoms with E-state index in [1.54, 1.807) is 0 Å². The van der Waals surface area contributed by atoms with Gasteiger partial charge in [-0.25, -0.2) is 0 Å². The Labute approximate surface area is 527 Å². The Kier molecular flexibility index (Phi) is 60.9. The van der Waals surface area contributed by atoms with E-state index in [4.69, 9.17) is 18.5 Å². The first-order valence-corrected chi connectivity index (χ1v) is 35.0. The fourth-order valence-corrected chi connectivity index (χ4v) is 9.09. The zero-order chi connectivity index (χ0) is 62.6. The number of rotatable bonds is 59. The van der Waals surface area contributed by atoms with Crippen molar-refractivity contribution in [2.75, 3.05) is 47.5 Å². The van der Waals surface area contributed by atoms with Crippen LogP contribution in [0.5, 0.6) is 0 Å². The van der Waals surface area contributed by atoms with Crippen LogP contribution in [0.3, 0.4) is 0 Å². The smallest absolute Gasteiger partial charge is 0.306 e. The first kappa shape index (κ1) is 81.1. The third-order valence-corrected chi connectivity index (χ3v) is 14.4. The number of phosphoric ester groups is 1. The maximum absolute atomic E-state index is 12.8. The molecule has 0 radical (unpaired) electrons. The standard InChI is InChI=1S/C76H122NO8P/c1-6-8-10-12-14-16-18-20-22-24-26-28-30-31-32-33-34-35-36-37-38-39-40-41-42-43-44-45-47-49-51-53-55-57-59-61-63-65-67-69-76(79)85-74(73-84-86(80,81)83-71-70-77(3,4)5)72-82-75(78)68-66-64-62-60-58-56-54-52-50-48-46-29-27-25-23-21-19-17-15-13-11-9-7-2/h8-11,14-17,20-23,26-29,31-32,34-35,37-38,40-41,43-44,47,49,53,55,74H,6-7,12-13,18-19,24-25,30,33,36,39,42,45-46,48,50-52,54,56-73H2,1-5H3/b10-8-,11-9-,16-14-,17-15-,22-20-,23-21-,28-26-,29-27-,32-31-,35-34-,38-37-,41-40-,44-43-,49-47-,55-53-. The summed E-state index contributed by atoms with van der Waals surface area (Å²) in [6, 6.07) is 0. The van der Waals surface area contributed by atoms with Crippen molar-refractivity contribution < 1.29 is 42.1 Å². The molecule has 0 saturated heterocycles. The average molecular weight is 1210 g/mol. The number of carbonyl (C=O) groups is 2. The van der Waals surface area contributed by atoms with E-state index in [1.165, 1.54) is 38.5 Å². The van der Waals surface area contributed by atoms with Gasteiger partial charge in [-0.15, -0.1) is 0 Å². The van der Waals surface area contributed by atoms with Crippen LogP contribution in [0, 0.1) is 0 Å². The molecule has 0 bridgehead atoms. The highest BCUT2D eigenvalue weighted by atomic mass is 31.2. The molecule has 0 aromatic heterocycles. The lowest BCUT2D eigenvalue weighted by atomic mass is 10.1. The largest absolute Gasteiger partial charge is 0.756 e. The number of likely N-dealkylation sites (N-methyl/N-ethyl adjacent to an activating group) is 1. The zero-order valence-electron chi connectivity index (χ0n) is 54.9. The van der Waals surface area contributed by atoms with Gasteiger partial charge in [-0.2, -0.15) is 0 Å². The number of allylic oxidation sites excluding steroid dienone is 30. The number of quaternary nitrogens is 1. The van der Waals surface area contributed by atoms with Crippen LogP contribution in [0.25, 0.3) is 0 Å². The summed E-state index contributed by atoms with van der Waals surface area (Å²) in [5.41, 5.74) is 0. The molecule has 0 aromatic rings. The lowest BCUT2D eigenvalue weighted by molar-refractivity contribution is -0.870. The summed E-state index contributed by atoms with van der Waals surface area (Å²) in [7, 11) is 1.12. The van der Waals surface area contributed by atoms with Crippen molar-refractivity contribution in [3.8, 4) is 0 Å². The van der Waals surface area contributed by atoms with Gasteiger partial charge >= 0.3 is 11.9 Å². The molecule has 0 spiro atoms. The Morgan fingerprint density at radius 1 is 0.360 bits per heavy atom. The van der Waals surface area contributed by atoms with Crippen molar-refractivity contribution in [1.29, 1.82) is 0 Å². The zero-order valence-corrected chi connectivity index (χ0v) is 55.8. The summed E-state index contributed by atoms with van der Waals surface area (Å²) in [6.07, 6.45) is 99.5. The number of ether oxygens (including phenoxy) is 2. The van der Waals surface area contributed by atoms with Gasteiger partial charge in [0.15, 0.2) is 6.10 Å². The van der Waals surface area contributed by atoms with E-state index in [0.717, 1.165) is 154 Å². The predicted molar refractivity (Wildman–Crippen MR) is 369 cm³/mol. The number of carbonyl (C=O) groups excluding carboxylic acids is 2. The predicted octanol–water partition coefficient (Wildman–Crippen LogP) is 21.3. The Balaban J connectivity index is 4.20. The highest BCUT2D eigenvalue weighted by Crippen LogP contribution is 2.38. The van der Waals surface area contributed by atoms with Crippen molar-refractivity contribution in [2.45, 2.75) is 238 Å². The van der Waals surface area contributed by atoms with Gasteiger partial charge < -0.3 is 27.9 Å². The van der Waals surface area contributed by atoms with Gasteiger partial charge in [0.05, 0.1) is 27.7 Å². The molecule has 0 rings (SSSR count). The summed E-state index contributed by atoms with van der Waals surface area (Å²) in [4.78, 5) is 38.0. The van der Waals surface area contributed by atoms with Gasteiger partial charge in [-0.3, -0.25) is 14.2 Å². The molecule has 0 N–H and O–H groups in total. The van der Waals surface area contributed by atoms with Crippen LogP contribution in [0.1, 0.15) is 232 Å². The minimum atomic E-state index is -4.66. The molecule has 10 heteroatoms. The third kappa shape index (κ3) is 68.2. The molecular formula is C76H122NO8P. The summed E-state index contributed by atoms with van der Waals surface area (Å²) in [5, 5.41) is 0. The molecule has 0 heterocycles. The number of phosphoric acid groups is 1. The van der Waals surface area contributed by atoms with Gasteiger partial charge in [0, 0.05) is 12.8 Å². The van der Waals surface area contributed by atoms with E-state index in [-0.39, 0.29) is 26.1 Å². The summed E-state index contributed by atoms with van der Waals surface area (Å²) in [6.45, 7) is 3.96. The molecule has 0 fully saturated rings. The molecular weight excluding hydrogens is 1090 g/mol. The lowest BCUT2D eigenvalue weighted by Crippen LogP contribution is -2.37. The second-order valence-electron chi connectivity index (χ2n) is 22.7. The number of nitrogens with zero attached hydrogens (tertiary/aromatic N) is 1. The second-order valence-corrected chi connectivity index (χ2v) is 24.1. The molecule has 0 aliphatic carbocycles. The summed E-state index contributed by atoms with van der Waals surface area (Å²) in [5.74, 6) is -0.873. The van der Waals surface area contributed by atoms with E-state index in [1.807, 2.05) is 21.1 Å². The van der Waals surface area contributed by atoms with Crippen LogP contribution in [-0.4, -0.2) is 70.0 Å².